The minimum absolute atomic E-state index is 0.648. The van der Waals surface area contributed by atoms with Gasteiger partial charge in [0.15, 0.2) is 0 Å². The summed E-state index contributed by atoms with van der Waals surface area (Å²) >= 11 is 5.96. The molecule has 1 aliphatic carbocycles. The minimum atomic E-state index is 0.648. The molecule has 0 atom stereocenters. The van der Waals surface area contributed by atoms with Gasteiger partial charge in [-0.25, -0.2) is 0 Å². The number of rotatable bonds is 4. The van der Waals surface area contributed by atoms with E-state index in [1.807, 2.05) is 12.1 Å². The predicted octanol–water partition coefficient (Wildman–Crippen LogP) is 4.32. The zero-order chi connectivity index (χ0) is 13.8. The summed E-state index contributed by atoms with van der Waals surface area (Å²) in [4.78, 5) is 2.47. The van der Waals surface area contributed by atoms with Crippen molar-refractivity contribution < 1.29 is 0 Å². The van der Waals surface area contributed by atoms with Crippen molar-refractivity contribution in [3.63, 3.8) is 0 Å². The molecule has 0 bridgehead atoms. The second-order valence-electron chi connectivity index (χ2n) is 5.85. The largest absolute Gasteiger partial charge is 0.398 e. The highest BCUT2D eigenvalue weighted by molar-refractivity contribution is 6.33. The Bertz CT molecular complexity index is 411. The summed E-state index contributed by atoms with van der Waals surface area (Å²) in [6.07, 6.45) is 6.77. The minimum Gasteiger partial charge on any atom is -0.398 e. The third-order valence-electron chi connectivity index (χ3n) is 4.51. The van der Waals surface area contributed by atoms with Crippen LogP contribution in [0.5, 0.6) is 0 Å². The normalized spacial score (nSPS) is 23.8. The molecule has 1 saturated carbocycles. The summed E-state index contributed by atoms with van der Waals surface area (Å²) in [5.74, 6) is 0.954. The van der Waals surface area contributed by atoms with Gasteiger partial charge in [0.25, 0.3) is 0 Å². The number of nitrogen functional groups attached to an aromatic ring is 1. The Balaban J connectivity index is 1.90. The molecule has 19 heavy (non-hydrogen) atoms. The van der Waals surface area contributed by atoms with Gasteiger partial charge in [-0.15, -0.1) is 0 Å². The van der Waals surface area contributed by atoms with Crippen LogP contribution in [-0.4, -0.2) is 18.0 Å². The number of nitrogens with two attached hydrogens (primary N) is 1. The fourth-order valence-corrected chi connectivity index (χ4v) is 3.22. The van der Waals surface area contributed by atoms with Crippen LogP contribution >= 0.6 is 11.6 Å². The SMILES string of the molecule is CCC1CCC(N(C)Cc2ccc(Cl)c(N)c2)CC1. The maximum Gasteiger partial charge on any atom is 0.0635 e. The van der Waals surface area contributed by atoms with Crippen LogP contribution in [-0.2, 0) is 6.54 Å². The van der Waals surface area contributed by atoms with Crippen LogP contribution in [0.15, 0.2) is 18.2 Å². The molecule has 0 saturated heterocycles. The average Bonchev–Trinajstić information content (AvgIpc) is 2.43. The molecule has 0 radical (unpaired) electrons. The molecule has 1 fully saturated rings. The van der Waals surface area contributed by atoms with Crippen LogP contribution in [0.1, 0.15) is 44.6 Å². The Morgan fingerprint density at radius 2 is 1.95 bits per heavy atom. The van der Waals surface area contributed by atoms with E-state index in [4.69, 9.17) is 17.3 Å². The number of hydrogen-bond acceptors (Lipinski definition) is 2. The molecular formula is C16H25ClN2. The lowest BCUT2D eigenvalue weighted by molar-refractivity contribution is 0.157. The van der Waals surface area contributed by atoms with Crippen molar-refractivity contribution in [3.8, 4) is 0 Å². The molecule has 2 N–H and O–H groups in total. The molecule has 0 amide bonds. The predicted molar refractivity (Wildman–Crippen MR) is 83.4 cm³/mol. The fraction of sp³-hybridized carbons (Fsp3) is 0.625. The van der Waals surface area contributed by atoms with E-state index >= 15 is 0 Å². The van der Waals surface area contributed by atoms with Gasteiger partial charge in [-0.3, -0.25) is 4.90 Å². The second kappa shape index (κ2) is 6.62. The topological polar surface area (TPSA) is 29.3 Å². The Labute approximate surface area is 121 Å². The number of hydrogen-bond donors (Lipinski definition) is 1. The summed E-state index contributed by atoms with van der Waals surface area (Å²) in [6.45, 7) is 3.27. The molecule has 2 nitrogen and oxygen atoms in total. The average molecular weight is 281 g/mol. The van der Waals surface area contributed by atoms with Gasteiger partial charge in [-0.05, 0) is 56.3 Å². The maximum atomic E-state index is 5.96. The molecule has 0 heterocycles. The molecule has 0 unspecified atom stereocenters. The van der Waals surface area contributed by atoms with E-state index in [0.717, 1.165) is 18.5 Å². The molecule has 0 aromatic heterocycles. The van der Waals surface area contributed by atoms with Crippen LogP contribution in [0.4, 0.5) is 5.69 Å². The third kappa shape index (κ3) is 3.87. The summed E-state index contributed by atoms with van der Waals surface area (Å²) in [5.41, 5.74) is 7.80. The van der Waals surface area contributed by atoms with Crippen LogP contribution in [0.2, 0.25) is 5.02 Å². The molecule has 2 rings (SSSR count). The monoisotopic (exact) mass is 280 g/mol. The summed E-state index contributed by atoms with van der Waals surface area (Å²) in [5, 5.41) is 0.648. The van der Waals surface area contributed by atoms with Crippen molar-refractivity contribution in [3.05, 3.63) is 28.8 Å². The third-order valence-corrected chi connectivity index (χ3v) is 4.85. The van der Waals surface area contributed by atoms with Gasteiger partial charge in [0, 0.05) is 12.6 Å². The molecular weight excluding hydrogens is 256 g/mol. The summed E-state index contributed by atoms with van der Waals surface area (Å²) < 4.78 is 0. The first-order valence-corrected chi connectivity index (χ1v) is 7.72. The van der Waals surface area contributed by atoms with Gasteiger partial charge >= 0.3 is 0 Å². The van der Waals surface area contributed by atoms with E-state index in [-0.39, 0.29) is 0 Å². The highest BCUT2D eigenvalue weighted by atomic mass is 35.5. The summed E-state index contributed by atoms with van der Waals surface area (Å²) in [6, 6.07) is 6.69. The van der Waals surface area contributed by atoms with Crippen molar-refractivity contribution in [2.24, 2.45) is 5.92 Å². The zero-order valence-corrected chi connectivity index (χ0v) is 12.8. The smallest absolute Gasteiger partial charge is 0.0635 e. The Morgan fingerprint density at radius 3 is 2.53 bits per heavy atom. The first-order valence-electron chi connectivity index (χ1n) is 7.34. The number of nitrogens with zero attached hydrogens (tertiary/aromatic N) is 1. The molecule has 1 aromatic carbocycles. The van der Waals surface area contributed by atoms with E-state index in [1.54, 1.807) is 0 Å². The number of halogens is 1. The van der Waals surface area contributed by atoms with E-state index in [0.29, 0.717) is 10.7 Å². The molecule has 106 valence electrons. The van der Waals surface area contributed by atoms with Gasteiger partial charge in [0.1, 0.15) is 0 Å². The van der Waals surface area contributed by atoms with Crippen molar-refractivity contribution in [2.75, 3.05) is 12.8 Å². The highest BCUT2D eigenvalue weighted by Gasteiger charge is 2.22. The van der Waals surface area contributed by atoms with E-state index < -0.39 is 0 Å². The molecule has 1 aliphatic rings. The quantitative estimate of drug-likeness (QED) is 0.832. The second-order valence-corrected chi connectivity index (χ2v) is 6.26. The van der Waals surface area contributed by atoms with Gasteiger partial charge in [0.2, 0.25) is 0 Å². The van der Waals surface area contributed by atoms with Crippen LogP contribution in [0.25, 0.3) is 0 Å². The van der Waals surface area contributed by atoms with Gasteiger partial charge in [-0.1, -0.05) is 31.0 Å². The van der Waals surface area contributed by atoms with E-state index in [1.165, 1.54) is 37.7 Å². The van der Waals surface area contributed by atoms with Crippen molar-refractivity contribution in [2.45, 2.75) is 51.6 Å². The maximum absolute atomic E-state index is 5.96. The lowest BCUT2D eigenvalue weighted by Gasteiger charge is -2.34. The molecule has 1 aromatic rings. The van der Waals surface area contributed by atoms with Gasteiger partial charge in [0.05, 0.1) is 10.7 Å². The lowest BCUT2D eigenvalue weighted by atomic mass is 9.84. The van der Waals surface area contributed by atoms with E-state index in [9.17, 15) is 0 Å². The van der Waals surface area contributed by atoms with Crippen molar-refractivity contribution in [1.29, 1.82) is 0 Å². The first kappa shape index (κ1) is 14.7. The Morgan fingerprint density at radius 1 is 1.26 bits per heavy atom. The van der Waals surface area contributed by atoms with Crippen LogP contribution < -0.4 is 5.73 Å². The first-order chi connectivity index (χ1) is 9.10. The number of anilines is 1. The van der Waals surface area contributed by atoms with Gasteiger partial charge < -0.3 is 5.73 Å². The Hall–Kier alpha value is -0.730. The zero-order valence-electron chi connectivity index (χ0n) is 12.0. The summed E-state index contributed by atoms with van der Waals surface area (Å²) in [7, 11) is 2.22. The van der Waals surface area contributed by atoms with Crippen LogP contribution in [0.3, 0.4) is 0 Å². The Kier molecular flexibility index (Phi) is 5.12. The molecule has 3 heteroatoms. The van der Waals surface area contributed by atoms with Crippen molar-refractivity contribution >= 4 is 17.3 Å². The fourth-order valence-electron chi connectivity index (χ4n) is 3.10. The van der Waals surface area contributed by atoms with Crippen LogP contribution in [0, 0.1) is 5.92 Å². The van der Waals surface area contributed by atoms with E-state index in [2.05, 4.69) is 24.9 Å². The molecule has 0 spiro atoms. The lowest BCUT2D eigenvalue weighted by Crippen LogP contribution is -2.34. The molecule has 0 aliphatic heterocycles. The highest BCUT2D eigenvalue weighted by Crippen LogP contribution is 2.30. The number of benzene rings is 1. The van der Waals surface area contributed by atoms with Crippen molar-refractivity contribution in [1.82, 2.24) is 4.90 Å². The standard InChI is InChI=1S/C16H25ClN2/c1-3-12-4-7-14(8-5-12)19(2)11-13-6-9-15(17)16(18)10-13/h6,9-10,12,14H,3-5,7-8,11,18H2,1-2H3. The van der Waals surface area contributed by atoms with Gasteiger partial charge in [-0.2, -0.15) is 0 Å².